The largest absolute Gasteiger partial charge is 1.00 e. The Morgan fingerprint density at radius 3 is 1.27 bits per heavy atom. The molecular formula is C18H16Na2O6. The molecule has 0 spiro atoms. The van der Waals surface area contributed by atoms with Gasteiger partial charge >= 0.3 is 71.1 Å². The summed E-state index contributed by atoms with van der Waals surface area (Å²) in [7, 11) is 0. The van der Waals surface area contributed by atoms with E-state index in [0.29, 0.717) is 24.0 Å². The molecule has 2 aromatic rings. The fourth-order valence-electron chi connectivity index (χ4n) is 1.88. The Balaban J connectivity index is 0.00000312. The smallest absolute Gasteiger partial charge is 0.872 e. The molecule has 126 valence electrons. The minimum Gasteiger partial charge on any atom is -0.872 e. The molecule has 0 heterocycles. The van der Waals surface area contributed by atoms with E-state index in [1.165, 1.54) is 48.5 Å². The van der Waals surface area contributed by atoms with Gasteiger partial charge in [0.05, 0.1) is 24.3 Å². The number of benzene rings is 2. The van der Waals surface area contributed by atoms with Crippen molar-refractivity contribution < 1.29 is 88.4 Å². The molecule has 0 fully saturated rings. The van der Waals surface area contributed by atoms with Crippen LogP contribution in [0.1, 0.15) is 33.6 Å². The summed E-state index contributed by atoms with van der Waals surface area (Å²) in [4.78, 5) is 23.3. The first-order valence-electron chi connectivity index (χ1n) is 7.44. The number of hydrogen-bond donors (Lipinski definition) is 0. The van der Waals surface area contributed by atoms with Gasteiger partial charge in [-0.2, -0.15) is 0 Å². The van der Waals surface area contributed by atoms with Crippen molar-refractivity contribution in [3.63, 3.8) is 0 Å². The predicted molar refractivity (Wildman–Crippen MR) is 81.6 cm³/mol. The number of hydrogen-bond acceptors (Lipinski definition) is 6. The van der Waals surface area contributed by atoms with E-state index in [1.54, 1.807) is 0 Å². The molecular weight excluding hydrogens is 358 g/mol. The summed E-state index contributed by atoms with van der Waals surface area (Å²) in [5.41, 5.74) is 0.644. The molecule has 0 radical (unpaired) electrons. The van der Waals surface area contributed by atoms with Crippen molar-refractivity contribution in [2.24, 2.45) is 0 Å². The molecule has 6 nitrogen and oxygen atoms in total. The normalized spacial score (nSPS) is 9.38. The van der Waals surface area contributed by atoms with Crippen LogP contribution in [0.2, 0.25) is 0 Å². The Morgan fingerprint density at radius 1 is 0.654 bits per heavy atom. The first-order chi connectivity index (χ1) is 11.6. The summed E-state index contributed by atoms with van der Waals surface area (Å²) < 4.78 is 10.1. The molecule has 26 heavy (non-hydrogen) atoms. The molecule has 8 heteroatoms. The van der Waals surface area contributed by atoms with Crippen LogP contribution in [0.3, 0.4) is 0 Å². The third-order valence-electron chi connectivity index (χ3n) is 3.19. The average molecular weight is 374 g/mol. The Hall–Kier alpha value is -1.02. The number of ether oxygens (including phenoxy) is 2. The van der Waals surface area contributed by atoms with Gasteiger partial charge in [-0.15, -0.1) is 11.5 Å². The summed E-state index contributed by atoms with van der Waals surface area (Å²) in [6.45, 7) is 0.390. The molecule has 0 atom stereocenters. The SMILES string of the molecule is O=C(OCCCCOC(=O)c1ccc([O-])cc1)c1ccc([O-])cc1.[Na+].[Na+]. The van der Waals surface area contributed by atoms with E-state index >= 15 is 0 Å². The van der Waals surface area contributed by atoms with E-state index in [1.807, 2.05) is 0 Å². The van der Waals surface area contributed by atoms with Gasteiger partial charge in [-0.25, -0.2) is 9.59 Å². The third-order valence-corrected chi connectivity index (χ3v) is 3.19. The first kappa shape index (κ1) is 25.0. The Labute approximate surface area is 196 Å². The molecule has 0 aromatic heterocycles. The fourth-order valence-corrected chi connectivity index (χ4v) is 1.88. The van der Waals surface area contributed by atoms with E-state index < -0.39 is 11.9 Å². The minimum atomic E-state index is -0.496. The second-order valence-corrected chi connectivity index (χ2v) is 5.03. The maximum absolute atomic E-state index is 11.7. The van der Waals surface area contributed by atoms with Crippen LogP contribution >= 0.6 is 0 Å². The first-order valence-corrected chi connectivity index (χ1v) is 7.44. The summed E-state index contributed by atoms with van der Waals surface area (Å²) >= 11 is 0. The fraction of sp³-hybridized carbons (Fsp3) is 0.222. The molecule has 0 bridgehead atoms. The van der Waals surface area contributed by atoms with Crippen LogP contribution in [0.4, 0.5) is 0 Å². The number of carbonyl (C=O) groups is 2. The average Bonchev–Trinajstić information content (AvgIpc) is 2.58. The van der Waals surface area contributed by atoms with Gasteiger partial charge in [0.2, 0.25) is 0 Å². The summed E-state index contributed by atoms with van der Waals surface area (Å²) in [5, 5.41) is 21.9. The molecule has 0 aliphatic rings. The second-order valence-electron chi connectivity index (χ2n) is 5.03. The third kappa shape index (κ3) is 8.58. The molecule has 0 amide bonds. The maximum Gasteiger partial charge on any atom is 1.00 e. The van der Waals surface area contributed by atoms with E-state index in [2.05, 4.69) is 0 Å². The van der Waals surface area contributed by atoms with Crippen molar-refractivity contribution >= 4 is 11.9 Å². The van der Waals surface area contributed by atoms with Gasteiger partial charge in [0.1, 0.15) is 0 Å². The van der Waals surface area contributed by atoms with Crippen LogP contribution in [0.5, 0.6) is 11.5 Å². The molecule has 0 unspecified atom stereocenters. The molecule has 2 rings (SSSR count). The van der Waals surface area contributed by atoms with Gasteiger partial charge in [-0.1, -0.05) is 24.3 Å². The standard InChI is InChI=1S/C18H18O6.2Na/c19-15-7-3-13(4-8-15)17(21)23-11-1-2-12-24-18(22)14-5-9-16(20)10-6-14;;/h3-10,19-20H,1-2,11-12H2;;/q;2*+1/p-2. The number of unbranched alkanes of at least 4 members (excludes halogenated alkanes) is 1. The van der Waals surface area contributed by atoms with Gasteiger partial charge < -0.3 is 19.7 Å². The van der Waals surface area contributed by atoms with E-state index in [-0.39, 0.29) is 83.8 Å². The van der Waals surface area contributed by atoms with Crippen molar-refractivity contribution in [2.45, 2.75) is 12.8 Å². The Morgan fingerprint density at radius 2 is 0.962 bits per heavy atom. The Bertz CT molecular complexity index is 624. The van der Waals surface area contributed by atoms with E-state index in [4.69, 9.17) is 9.47 Å². The Kier molecular flexibility index (Phi) is 12.7. The van der Waals surface area contributed by atoms with Gasteiger partial charge in [-0.3, -0.25) is 0 Å². The molecule has 0 aliphatic heterocycles. The van der Waals surface area contributed by atoms with Gasteiger partial charge in [0, 0.05) is 0 Å². The molecule has 0 aliphatic carbocycles. The van der Waals surface area contributed by atoms with Crippen LogP contribution in [-0.2, 0) is 9.47 Å². The summed E-state index contributed by atoms with van der Waals surface area (Å²) in [6.07, 6.45) is 1.08. The van der Waals surface area contributed by atoms with Crippen molar-refractivity contribution in [3.8, 4) is 11.5 Å². The van der Waals surface area contributed by atoms with Crippen LogP contribution in [0.25, 0.3) is 0 Å². The number of rotatable bonds is 7. The zero-order valence-corrected chi connectivity index (χ0v) is 18.9. The second kappa shape index (κ2) is 13.2. The van der Waals surface area contributed by atoms with Crippen molar-refractivity contribution in [1.29, 1.82) is 0 Å². The summed E-state index contributed by atoms with van der Waals surface area (Å²) in [6, 6.07) is 10.9. The maximum atomic E-state index is 11.7. The zero-order valence-electron chi connectivity index (χ0n) is 14.9. The predicted octanol–water partition coefficient (Wildman–Crippen LogP) is -4.36. The zero-order chi connectivity index (χ0) is 17.4. The monoisotopic (exact) mass is 374 g/mol. The van der Waals surface area contributed by atoms with Crippen LogP contribution in [-0.4, -0.2) is 25.2 Å². The van der Waals surface area contributed by atoms with Gasteiger partial charge in [-0.05, 0) is 37.1 Å². The number of carbonyl (C=O) groups excluding carboxylic acids is 2. The molecule has 2 aromatic carbocycles. The van der Waals surface area contributed by atoms with E-state index in [0.717, 1.165) is 0 Å². The molecule has 0 N–H and O–H groups in total. The minimum absolute atomic E-state index is 0. The molecule has 0 saturated heterocycles. The van der Waals surface area contributed by atoms with Gasteiger partial charge in [0.15, 0.2) is 0 Å². The van der Waals surface area contributed by atoms with Crippen LogP contribution in [0, 0.1) is 0 Å². The number of esters is 2. The van der Waals surface area contributed by atoms with Crippen molar-refractivity contribution in [3.05, 3.63) is 59.7 Å². The van der Waals surface area contributed by atoms with Gasteiger partial charge in [0.25, 0.3) is 0 Å². The van der Waals surface area contributed by atoms with E-state index in [9.17, 15) is 19.8 Å². The van der Waals surface area contributed by atoms with Crippen molar-refractivity contribution in [1.82, 2.24) is 0 Å². The van der Waals surface area contributed by atoms with Crippen LogP contribution < -0.4 is 69.3 Å². The quantitative estimate of drug-likeness (QED) is 0.276. The van der Waals surface area contributed by atoms with Crippen molar-refractivity contribution in [2.75, 3.05) is 13.2 Å². The molecule has 0 saturated carbocycles. The topological polar surface area (TPSA) is 98.7 Å². The van der Waals surface area contributed by atoms with Crippen LogP contribution in [0.15, 0.2) is 48.5 Å². The summed E-state index contributed by atoms with van der Waals surface area (Å²) in [5.74, 6) is -1.33.